The van der Waals surface area contributed by atoms with Crippen LogP contribution in [0, 0.1) is 0 Å². The van der Waals surface area contributed by atoms with Crippen molar-refractivity contribution >= 4 is 0 Å². The fourth-order valence-electron chi connectivity index (χ4n) is 0.750. The summed E-state index contributed by atoms with van der Waals surface area (Å²) in [6.45, 7) is 0. The second kappa shape index (κ2) is 5.94. The van der Waals surface area contributed by atoms with E-state index in [0.717, 1.165) is 0 Å². The van der Waals surface area contributed by atoms with Crippen molar-refractivity contribution < 1.29 is 113 Å². The maximum Gasteiger partial charge on any atom is 1.00 e. The second-order valence-corrected chi connectivity index (χ2v) is 3.29. The normalized spacial score (nSPS) is 15.7. The molecule has 0 aromatic heterocycles. The summed E-state index contributed by atoms with van der Waals surface area (Å²) in [5.74, 6) is -31.7. The zero-order valence-electron chi connectivity index (χ0n) is 9.29. The molecule has 0 aromatic rings. The first-order chi connectivity index (χ1) is 8.25. The van der Waals surface area contributed by atoms with E-state index < -0.39 is 36.0 Å². The molecule has 0 saturated carbocycles. The van der Waals surface area contributed by atoms with E-state index in [2.05, 4.69) is 0 Å². The Kier molecular flexibility index (Phi) is 6.76. The molecule has 0 spiro atoms. The molecule has 21 heavy (non-hydrogen) atoms. The first-order valence-electron chi connectivity index (χ1n) is 3.90. The maximum atomic E-state index is 12.3. The number of hydrogen-bond acceptors (Lipinski definition) is 0. The van der Waals surface area contributed by atoms with Gasteiger partial charge in [0.25, 0.3) is 0 Å². The zero-order valence-corrected chi connectivity index (χ0v) is 12.4. The summed E-state index contributed by atoms with van der Waals surface area (Å²) in [5, 5.41) is 0. The van der Waals surface area contributed by atoms with Gasteiger partial charge in [-0.05, 0) is 0 Å². The van der Waals surface area contributed by atoms with Gasteiger partial charge >= 0.3 is 87.4 Å². The van der Waals surface area contributed by atoms with Crippen molar-refractivity contribution in [3.63, 3.8) is 0 Å². The van der Waals surface area contributed by atoms with Crippen LogP contribution in [0.15, 0.2) is 0 Å². The Bertz CT molecular complexity index is 325. The number of alkyl halides is 14. The summed E-state index contributed by atoms with van der Waals surface area (Å²) in [5.41, 5.74) is 0. The van der Waals surface area contributed by atoms with E-state index in [9.17, 15) is 61.5 Å². The molecule has 0 rings (SSSR count). The quantitative estimate of drug-likeness (QED) is 0.519. The van der Waals surface area contributed by atoms with Gasteiger partial charge in [0.2, 0.25) is 0 Å². The molecule has 0 fully saturated rings. The van der Waals surface area contributed by atoms with E-state index >= 15 is 0 Å². The van der Waals surface area contributed by atoms with Crippen molar-refractivity contribution in [1.29, 1.82) is 0 Å². The van der Waals surface area contributed by atoms with Crippen LogP contribution in [-0.4, -0.2) is 36.0 Å². The monoisotopic (exact) mass is 377 g/mol. The van der Waals surface area contributed by atoms with Crippen LogP contribution in [0.4, 0.5) is 61.5 Å². The fraction of sp³-hybridized carbons (Fsp3) is 1.00. The summed E-state index contributed by atoms with van der Waals surface area (Å²) in [4.78, 5) is 0. The van der Waals surface area contributed by atoms with Crippen LogP contribution in [0.5, 0.6) is 0 Å². The van der Waals surface area contributed by atoms with E-state index in [1.165, 1.54) is 0 Å². The third-order valence-electron chi connectivity index (χ3n) is 1.90. The van der Waals surface area contributed by atoms with Gasteiger partial charge in [0.1, 0.15) is 0 Å². The molecule has 0 N–H and O–H groups in total. The molecular weight excluding hydrogens is 377 g/mol. The van der Waals surface area contributed by atoms with Crippen LogP contribution in [0.2, 0.25) is 0 Å². The number of halogens is 14. The van der Waals surface area contributed by atoms with E-state index in [1.54, 1.807) is 0 Å². The van der Waals surface area contributed by atoms with Gasteiger partial charge < -0.3 is 0 Å². The minimum absolute atomic E-state index is 0. The molecule has 0 amide bonds. The number of hydrogen-bond donors (Lipinski definition) is 0. The van der Waals surface area contributed by atoms with Gasteiger partial charge in [-0.15, -0.1) is 0 Å². The SMILES string of the molecule is FC(F)(F)C(F)(F)C(F)(F)C(F)(F)C(F)(F)C(F)(F)F.[K+]. The molecule has 0 radical (unpaired) electrons. The van der Waals surface area contributed by atoms with Crippen LogP contribution >= 0.6 is 0 Å². The third kappa shape index (κ3) is 3.45. The molecule has 15 heteroatoms. The van der Waals surface area contributed by atoms with E-state index in [-0.39, 0.29) is 51.4 Å². The van der Waals surface area contributed by atoms with E-state index in [0.29, 0.717) is 0 Å². The topological polar surface area (TPSA) is 0 Å². The minimum atomic E-state index is -8.04. The van der Waals surface area contributed by atoms with Gasteiger partial charge in [-0.1, -0.05) is 0 Å². The average molecular weight is 377 g/mol. The Morgan fingerprint density at radius 1 is 0.286 bits per heavy atom. The zero-order chi connectivity index (χ0) is 17.0. The molecule has 0 aliphatic rings. The van der Waals surface area contributed by atoms with E-state index in [4.69, 9.17) is 0 Å². The average Bonchev–Trinajstić information content (AvgIpc) is 2.12. The second-order valence-electron chi connectivity index (χ2n) is 3.29. The van der Waals surface area contributed by atoms with Crippen molar-refractivity contribution in [2.24, 2.45) is 0 Å². The van der Waals surface area contributed by atoms with Crippen LogP contribution in [-0.2, 0) is 0 Å². The third-order valence-corrected chi connectivity index (χ3v) is 1.90. The molecule has 0 bridgehead atoms. The summed E-state index contributed by atoms with van der Waals surface area (Å²) < 4.78 is 166. The summed E-state index contributed by atoms with van der Waals surface area (Å²) in [6, 6.07) is 0. The molecule has 0 heterocycles. The molecule has 0 aliphatic heterocycles. The first-order valence-corrected chi connectivity index (χ1v) is 3.90. The smallest absolute Gasteiger partial charge is 0.192 e. The largest absolute Gasteiger partial charge is 1.00 e. The summed E-state index contributed by atoms with van der Waals surface area (Å²) in [7, 11) is 0. The minimum Gasteiger partial charge on any atom is -0.192 e. The Balaban J connectivity index is 0. The van der Waals surface area contributed by atoms with Crippen LogP contribution < -0.4 is 51.4 Å². The van der Waals surface area contributed by atoms with Crippen molar-refractivity contribution in [3.05, 3.63) is 0 Å². The van der Waals surface area contributed by atoms with Gasteiger partial charge in [-0.3, -0.25) is 0 Å². The Labute approximate surface area is 148 Å². The van der Waals surface area contributed by atoms with Gasteiger partial charge in [0.05, 0.1) is 0 Å². The molecule has 122 valence electrons. The van der Waals surface area contributed by atoms with Crippen molar-refractivity contribution in [2.45, 2.75) is 36.0 Å². The molecular formula is C6F14K+. The summed E-state index contributed by atoms with van der Waals surface area (Å²) in [6.07, 6.45) is -15.0. The van der Waals surface area contributed by atoms with Crippen LogP contribution in [0.1, 0.15) is 0 Å². The Morgan fingerprint density at radius 2 is 0.429 bits per heavy atom. The maximum absolute atomic E-state index is 12.3. The first kappa shape index (κ1) is 23.9. The van der Waals surface area contributed by atoms with E-state index in [1.807, 2.05) is 0 Å². The fourth-order valence-corrected chi connectivity index (χ4v) is 0.750. The van der Waals surface area contributed by atoms with Gasteiger partial charge in [-0.25, -0.2) is 0 Å². The molecule has 0 aliphatic carbocycles. The van der Waals surface area contributed by atoms with Crippen molar-refractivity contribution in [3.8, 4) is 0 Å². The Hall–Kier alpha value is 0.656. The Morgan fingerprint density at radius 3 is 0.524 bits per heavy atom. The van der Waals surface area contributed by atoms with Gasteiger partial charge in [-0.2, -0.15) is 61.5 Å². The van der Waals surface area contributed by atoms with Crippen LogP contribution in [0.25, 0.3) is 0 Å². The van der Waals surface area contributed by atoms with Gasteiger partial charge in [0, 0.05) is 0 Å². The predicted octanol–water partition coefficient (Wildman–Crippen LogP) is 1.66. The van der Waals surface area contributed by atoms with Crippen molar-refractivity contribution in [2.75, 3.05) is 0 Å². The number of rotatable bonds is 3. The molecule has 0 saturated heterocycles. The predicted molar refractivity (Wildman–Crippen MR) is 31.9 cm³/mol. The molecule has 0 unspecified atom stereocenters. The van der Waals surface area contributed by atoms with Crippen LogP contribution in [0.3, 0.4) is 0 Å². The van der Waals surface area contributed by atoms with Gasteiger partial charge in [0.15, 0.2) is 0 Å². The molecule has 0 aromatic carbocycles. The van der Waals surface area contributed by atoms with Crippen molar-refractivity contribution in [1.82, 2.24) is 0 Å². The molecule has 0 nitrogen and oxygen atoms in total. The molecule has 0 atom stereocenters. The summed E-state index contributed by atoms with van der Waals surface area (Å²) >= 11 is 0. The standard InChI is InChI=1S/C6F14.K/c7-1(8,3(11,12)5(15,16)17)2(9,10)4(13,14)6(18,19)20;/q;+1.